The predicted octanol–water partition coefficient (Wildman–Crippen LogP) is 7.67. The Kier molecular flexibility index (Phi) is 11.6. The van der Waals surface area contributed by atoms with Crippen LogP contribution in [0.1, 0.15) is 89.5 Å². The summed E-state index contributed by atoms with van der Waals surface area (Å²) in [6.45, 7) is 2.24. The molecule has 0 amide bonds. The van der Waals surface area contributed by atoms with Crippen LogP contribution in [0.2, 0.25) is 0 Å². The molecule has 32 heavy (non-hydrogen) atoms. The van der Waals surface area contributed by atoms with E-state index in [2.05, 4.69) is 6.92 Å². The second kappa shape index (κ2) is 14.2. The minimum absolute atomic E-state index is 0.0920. The van der Waals surface area contributed by atoms with Crippen LogP contribution in [-0.4, -0.2) is 18.1 Å². The Morgan fingerprint density at radius 3 is 1.81 bits per heavy atom. The standard InChI is InChI=1S/C26H38O5S/c1-2-3-4-5-6-7-8-9-10-11-12-16-19-23-25(32(28,29)30)21-20-24(27)26(23)31-22-17-14-13-15-18-22/h13-15,17-18,20-21,27H,2-12,16,19H2,1H3,(H,28,29,30). The molecule has 0 saturated carbocycles. The van der Waals surface area contributed by atoms with Crippen LogP contribution < -0.4 is 4.74 Å². The van der Waals surface area contributed by atoms with Crippen LogP contribution in [0.25, 0.3) is 0 Å². The third kappa shape index (κ3) is 9.21. The van der Waals surface area contributed by atoms with Gasteiger partial charge in [0.1, 0.15) is 10.6 Å². The van der Waals surface area contributed by atoms with Crippen LogP contribution in [0, 0.1) is 0 Å². The second-order valence-electron chi connectivity index (χ2n) is 8.42. The zero-order valence-electron chi connectivity index (χ0n) is 19.3. The maximum Gasteiger partial charge on any atom is 0.294 e. The predicted molar refractivity (Wildman–Crippen MR) is 129 cm³/mol. The van der Waals surface area contributed by atoms with Crippen molar-refractivity contribution in [1.29, 1.82) is 0 Å². The van der Waals surface area contributed by atoms with E-state index in [0.717, 1.165) is 19.3 Å². The topological polar surface area (TPSA) is 83.8 Å². The highest BCUT2D eigenvalue weighted by Crippen LogP contribution is 2.39. The third-order valence-electron chi connectivity index (χ3n) is 5.72. The first kappa shape index (κ1) is 26.2. The first-order valence-electron chi connectivity index (χ1n) is 12.0. The monoisotopic (exact) mass is 462 g/mol. The summed E-state index contributed by atoms with van der Waals surface area (Å²) in [5.41, 5.74) is 0.323. The van der Waals surface area contributed by atoms with E-state index in [0.29, 0.717) is 17.7 Å². The van der Waals surface area contributed by atoms with Gasteiger partial charge in [-0.25, -0.2) is 0 Å². The lowest BCUT2D eigenvalue weighted by atomic mass is 10.0. The van der Waals surface area contributed by atoms with Crippen LogP contribution in [0.3, 0.4) is 0 Å². The van der Waals surface area contributed by atoms with Crippen molar-refractivity contribution in [3.8, 4) is 17.2 Å². The Labute approximate surface area is 193 Å². The highest BCUT2D eigenvalue weighted by molar-refractivity contribution is 7.85. The smallest absolute Gasteiger partial charge is 0.294 e. The minimum Gasteiger partial charge on any atom is -0.504 e. The Morgan fingerprint density at radius 1 is 0.750 bits per heavy atom. The number of hydrogen-bond donors (Lipinski definition) is 2. The van der Waals surface area contributed by atoms with Crippen LogP contribution in [0.5, 0.6) is 17.2 Å². The summed E-state index contributed by atoms with van der Waals surface area (Å²) in [6.07, 6.45) is 14.9. The van der Waals surface area contributed by atoms with E-state index in [1.165, 1.54) is 69.9 Å². The van der Waals surface area contributed by atoms with Gasteiger partial charge in [0.05, 0.1) is 0 Å². The molecule has 0 radical (unpaired) electrons. The van der Waals surface area contributed by atoms with Crippen molar-refractivity contribution >= 4 is 10.1 Å². The maximum absolute atomic E-state index is 11.9. The van der Waals surface area contributed by atoms with E-state index in [9.17, 15) is 18.1 Å². The van der Waals surface area contributed by atoms with Gasteiger partial charge in [-0.1, -0.05) is 95.8 Å². The second-order valence-corrected chi connectivity index (χ2v) is 9.81. The zero-order chi connectivity index (χ0) is 23.2. The molecule has 0 fully saturated rings. The number of phenols is 1. The molecular weight excluding hydrogens is 424 g/mol. The van der Waals surface area contributed by atoms with E-state index >= 15 is 0 Å². The zero-order valence-corrected chi connectivity index (χ0v) is 20.1. The number of hydrogen-bond acceptors (Lipinski definition) is 4. The number of phenolic OH excluding ortho intramolecular Hbond substituents is 1. The van der Waals surface area contributed by atoms with Crippen molar-refractivity contribution in [3.63, 3.8) is 0 Å². The Balaban J connectivity index is 1.86. The van der Waals surface area contributed by atoms with E-state index in [1.807, 2.05) is 6.07 Å². The first-order chi connectivity index (χ1) is 15.4. The molecule has 0 atom stereocenters. The number of benzene rings is 2. The van der Waals surface area contributed by atoms with E-state index in [4.69, 9.17) is 4.74 Å². The molecule has 178 valence electrons. The molecule has 0 heterocycles. The minimum atomic E-state index is -4.42. The van der Waals surface area contributed by atoms with Gasteiger partial charge in [0.2, 0.25) is 0 Å². The molecule has 0 unspecified atom stereocenters. The van der Waals surface area contributed by atoms with Crippen LogP contribution in [0.15, 0.2) is 47.4 Å². The molecule has 0 aliphatic heterocycles. The Bertz CT molecular complexity index is 894. The summed E-state index contributed by atoms with van der Waals surface area (Å²) in [6, 6.07) is 11.4. The molecular formula is C26H38O5S. The summed E-state index contributed by atoms with van der Waals surface area (Å²) in [7, 11) is -4.42. The van der Waals surface area contributed by atoms with E-state index in [-0.39, 0.29) is 16.4 Å². The van der Waals surface area contributed by atoms with Crippen molar-refractivity contribution in [2.75, 3.05) is 0 Å². The molecule has 0 aliphatic carbocycles. The molecule has 0 bridgehead atoms. The van der Waals surface area contributed by atoms with Gasteiger partial charge >= 0.3 is 0 Å². The number of unbranched alkanes of at least 4 members (excludes halogenated alkanes) is 11. The average Bonchev–Trinajstić information content (AvgIpc) is 2.76. The van der Waals surface area contributed by atoms with Crippen molar-refractivity contribution in [1.82, 2.24) is 0 Å². The molecule has 2 aromatic rings. The molecule has 0 saturated heterocycles. The lowest BCUT2D eigenvalue weighted by Crippen LogP contribution is -2.05. The van der Waals surface area contributed by atoms with Gasteiger partial charge in [-0.2, -0.15) is 8.42 Å². The van der Waals surface area contributed by atoms with Crippen LogP contribution in [0.4, 0.5) is 0 Å². The summed E-state index contributed by atoms with van der Waals surface area (Å²) in [5.74, 6) is 0.441. The number of ether oxygens (including phenoxy) is 1. The Hall–Kier alpha value is -2.05. The fourth-order valence-corrected chi connectivity index (χ4v) is 4.68. The van der Waals surface area contributed by atoms with Crippen LogP contribution in [-0.2, 0) is 16.5 Å². The fourth-order valence-electron chi connectivity index (χ4n) is 3.94. The van der Waals surface area contributed by atoms with Crippen molar-refractivity contribution < 1.29 is 22.8 Å². The lowest BCUT2D eigenvalue weighted by Gasteiger charge is -2.16. The Morgan fingerprint density at radius 2 is 1.28 bits per heavy atom. The number of para-hydroxylation sites is 1. The van der Waals surface area contributed by atoms with Crippen molar-refractivity contribution in [2.45, 2.75) is 95.3 Å². The molecule has 0 aliphatic rings. The van der Waals surface area contributed by atoms with Crippen molar-refractivity contribution in [3.05, 3.63) is 48.0 Å². The molecule has 2 rings (SSSR count). The molecule has 5 nitrogen and oxygen atoms in total. The largest absolute Gasteiger partial charge is 0.504 e. The van der Waals surface area contributed by atoms with E-state index in [1.54, 1.807) is 24.3 Å². The van der Waals surface area contributed by atoms with Gasteiger partial charge in [0.25, 0.3) is 10.1 Å². The molecule has 2 N–H and O–H groups in total. The van der Waals surface area contributed by atoms with Gasteiger partial charge in [-0.15, -0.1) is 0 Å². The van der Waals surface area contributed by atoms with Gasteiger partial charge < -0.3 is 9.84 Å². The molecule has 2 aromatic carbocycles. The van der Waals surface area contributed by atoms with E-state index < -0.39 is 10.1 Å². The summed E-state index contributed by atoms with van der Waals surface area (Å²) < 4.78 is 39.3. The third-order valence-corrected chi connectivity index (χ3v) is 6.66. The highest BCUT2D eigenvalue weighted by Gasteiger charge is 2.22. The summed E-state index contributed by atoms with van der Waals surface area (Å²) in [5, 5.41) is 10.3. The number of aromatic hydroxyl groups is 1. The average molecular weight is 463 g/mol. The van der Waals surface area contributed by atoms with Gasteiger partial charge in [-0.3, -0.25) is 4.55 Å². The fraction of sp³-hybridized carbons (Fsp3) is 0.538. The maximum atomic E-state index is 11.9. The molecule has 6 heteroatoms. The summed E-state index contributed by atoms with van der Waals surface area (Å²) >= 11 is 0. The number of rotatable bonds is 16. The SMILES string of the molecule is CCCCCCCCCCCCCCc1c(S(=O)(=O)O)ccc(O)c1Oc1ccccc1. The van der Waals surface area contributed by atoms with Gasteiger partial charge in [0, 0.05) is 5.56 Å². The summed E-state index contributed by atoms with van der Waals surface area (Å²) in [4.78, 5) is -0.204. The van der Waals surface area contributed by atoms with Gasteiger partial charge in [-0.05, 0) is 37.1 Å². The quantitative estimate of drug-likeness (QED) is 0.197. The van der Waals surface area contributed by atoms with Crippen molar-refractivity contribution in [2.24, 2.45) is 0 Å². The molecule has 0 aromatic heterocycles. The van der Waals surface area contributed by atoms with Gasteiger partial charge in [0.15, 0.2) is 11.5 Å². The normalized spacial score (nSPS) is 11.6. The van der Waals surface area contributed by atoms with Crippen LogP contribution >= 0.6 is 0 Å². The first-order valence-corrected chi connectivity index (χ1v) is 13.4. The lowest BCUT2D eigenvalue weighted by molar-refractivity contribution is 0.403. The molecule has 0 spiro atoms. The highest BCUT2D eigenvalue weighted by atomic mass is 32.2.